The Morgan fingerprint density at radius 2 is 2.19 bits per heavy atom. The smallest absolute Gasteiger partial charge is 0.225 e. The maximum absolute atomic E-state index is 11.7. The van der Waals surface area contributed by atoms with Crippen molar-refractivity contribution < 1.29 is 9.53 Å². The van der Waals surface area contributed by atoms with E-state index in [1.807, 2.05) is 24.3 Å². The highest BCUT2D eigenvalue weighted by atomic mass is 79.9. The standard InChI is InChI=1S/C15H14BrClN2O2/c16-11-3-1-4-13(9-11)21-8-2-5-15(20)19-14-7-6-12(17)10-18-14/h1,3-4,6-7,9-10H,2,5,8H2,(H,18,19,20). The molecule has 110 valence electrons. The van der Waals surface area contributed by atoms with E-state index in [1.54, 1.807) is 12.1 Å². The molecule has 0 saturated carbocycles. The number of hydrogen-bond donors (Lipinski definition) is 1. The number of anilines is 1. The summed E-state index contributed by atoms with van der Waals surface area (Å²) >= 11 is 9.10. The van der Waals surface area contributed by atoms with Gasteiger partial charge in [0.1, 0.15) is 11.6 Å². The summed E-state index contributed by atoms with van der Waals surface area (Å²) < 4.78 is 6.52. The molecule has 0 fully saturated rings. The fourth-order valence-electron chi connectivity index (χ4n) is 1.63. The molecule has 0 unspecified atom stereocenters. The molecule has 1 aromatic carbocycles. The highest BCUT2D eigenvalue weighted by Gasteiger charge is 2.03. The molecule has 0 radical (unpaired) electrons. The summed E-state index contributed by atoms with van der Waals surface area (Å²) in [5.74, 6) is 1.18. The van der Waals surface area contributed by atoms with Crippen LogP contribution in [0.1, 0.15) is 12.8 Å². The van der Waals surface area contributed by atoms with E-state index < -0.39 is 0 Å². The van der Waals surface area contributed by atoms with Gasteiger partial charge in [0.15, 0.2) is 0 Å². The van der Waals surface area contributed by atoms with Crippen molar-refractivity contribution in [3.8, 4) is 5.75 Å². The van der Waals surface area contributed by atoms with E-state index in [0.29, 0.717) is 30.3 Å². The Bertz CT molecular complexity index is 605. The van der Waals surface area contributed by atoms with Crippen molar-refractivity contribution in [3.05, 3.63) is 52.1 Å². The van der Waals surface area contributed by atoms with Crippen molar-refractivity contribution in [2.24, 2.45) is 0 Å². The van der Waals surface area contributed by atoms with Crippen molar-refractivity contribution in [1.82, 2.24) is 4.98 Å². The number of pyridine rings is 1. The van der Waals surface area contributed by atoms with E-state index in [0.717, 1.165) is 10.2 Å². The van der Waals surface area contributed by atoms with Gasteiger partial charge in [-0.25, -0.2) is 4.98 Å². The van der Waals surface area contributed by atoms with Gasteiger partial charge >= 0.3 is 0 Å². The highest BCUT2D eigenvalue weighted by Crippen LogP contribution is 2.18. The second-order valence-electron chi connectivity index (χ2n) is 4.32. The van der Waals surface area contributed by atoms with Gasteiger partial charge in [0.05, 0.1) is 11.6 Å². The topological polar surface area (TPSA) is 51.2 Å². The molecule has 1 amide bonds. The number of carbonyl (C=O) groups excluding carboxylic acids is 1. The molecular weight excluding hydrogens is 356 g/mol. The maximum Gasteiger partial charge on any atom is 0.225 e. The Balaban J connectivity index is 1.68. The number of ether oxygens (including phenoxy) is 1. The normalized spacial score (nSPS) is 10.2. The summed E-state index contributed by atoms with van der Waals surface area (Å²) in [7, 11) is 0. The van der Waals surface area contributed by atoms with Crippen LogP contribution in [-0.2, 0) is 4.79 Å². The van der Waals surface area contributed by atoms with Crippen LogP contribution in [0.4, 0.5) is 5.82 Å². The van der Waals surface area contributed by atoms with E-state index in [2.05, 4.69) is 26.2 Å². The van der Waals surface area contributed by atoms with Crippen molar-refractivity contribution >= 4 is 39.3 Å². The third-order valence-corrected chi connectivity index (χ3v) is 3.32. The van der Waals surface area contributed by atoms with Crippen molar-refractivity contribution in [2.75, 3.05) is 11.9 Å². The summed E-state index contributed by atoms with van der Waals surface area (Å²) in [6, 6.07) is 10.9. The van der Waals surface area contributed by atoms with Gasteiger partial charge in [0.2, 0.25) is 5.91 Å². The fourth-order valence-corrected chi connectivity index (χ4v) is 2.12. The summed E-state index contributed by atoms with van der Waals surface area (Å²) in [5, 5.41) is 3.24. The zero-order valence-corrected chi connectivity index (χ0v) is 13.5. The summed E-state index contributed by atoms with van der Waals surface area (Å²) in [5.41, 5.74) is 0. The summed E-state index contributed by atoms with van der Waals surface area (Å²) in [4.78, 5) is 15.7. The van der Waals surface area contributed by atoms with Crippen LogP contribution in [0, 0.1) is 0 Å². The minimum atomic E-state index is -0.0948. The Morgan fingerprint density at radius 1 is 1.33 bits per heavy atom. The van der Waals surface area contributed by atoms with Gasteiger partial charge in [0.25, 0.3) is 0 Å². The number of nitrogens with one attached hydrogen (secondary N) is 1. The fraction of sp³-hybridized carbons (Fsp3) is 0.200. The van der Waals surface area contributed by atoms with Gasteiger partial charge in [-0.1, -0.05) is 33.6 Å². The van der Waals surface area contributed by atoms with Gasteiger partial charge in [-0.05, 0) is 36.8 Å². The first kappa shape index (κ1) is 15.8. The van der Waals surface area contributed by atoms with E-state index in [-0.39, 0.29) is 5.91 Å². The van der Waals surface area contributed by atoms with Crippen LogP contribution in [0.5, 0.6) is 5.75 Å². The van der Waals surface area contributed by atoms with Crippen molar-refractivity contribution in [2.45, 2.75) is 12.8 Å². The summed E-state index contributed by atoms with van der Waals surface area (Å²) in [6.45, 7) is 0.484. The average Bonchev–Trinajstić information content (AvgIpc) is 2.46. The predicted molar refractivity (Wildman–Crippen MR) is 86.7 cm³/mol. The molecule has 0 bridgehead atoms. The van der Waals surface area contributed by atoms with Crippen LogP contribution < -0.4 is 10.1 Å². The van der Waals surface area contributed by atoms with Gasteiger partial charge in [-0.15, -0.1) is 0 Å². The molecular formula is C15H14BrClN2O2. The molecule has 2 aromatic rings. The summed E-state index contributed by atoms with van der Waals surface area (Å²) in [6.07, 6.45) is 2.50. The first-order chi connectivity index (χ1) is 10.1. The third-order valence-electron chi connectivity index (χ3n) is 2.61. The van der Waals surface area contributed by atoms with E-state index in [9.17, 15) is 4.79 Å². The van der Waals surface area contributed by atoms with Crippen molar-refractivity contribution in [1.29, 1.82) is 0 Å². The number of rotatable bonds is 6. The number of nitrogens with zero attached hydrogens (tertiary/aromatic N) is 1. The lowest BCUT2D eigenvalue weighted by atomic mass is 10.3. The van der Waals surface area contributed by atoms with Crippen LogP contribution in [0.25, 0.3) is 0 Å². The molecule has 0 aliphatic heterocycles. The lowest BCUT2D eigenvalue weighted by molar-refractivity contribution is -0.116. The van der Waals surface area contributed by atoms with Crippen LogP contribution in [0.3, 0.4) is 0 Å². The minimum absolute atomic E-state index is 0.0948. The Morgan fingerprint density at radius 3 is 2.90 bits per heavy atom. The second-order valence-corrected chi connectivity index (χ2v) is 5.67. The average molecular weight is 370 g/mol. The van der Waals surface area contributed by atoms with Crippen LogP contribution in [0.15, 0.2) is 47.1 Å². The Hall–Kier alpha value is -1.59. The molecule has 1 heterocycles. The molecule has 2 rings (SSSR count). The molecule has 21 heavy (non-hydrogen) atoms. The van der Waals surface area contributed by atoms with Crippen LogP contribution in [0.2, 0.25) is 5.02 Å². The van der Waals surface area contributed by atoms with Crippen LogP contribution >= 0.6 is 27.5 Å². The SMILES string of the molecule is O=C(CCCOc1cccc(Br)c1)Nc1ccc(Cl)cn1. The molecule has 1 N–H and O–H groups in total. The molecule has 0 aliphatic rings. The molecule has 0 saturated heterocycles. The quantitative estimate of drug-likeness (QED) is 0.773. The Labute approximate surface area is 136 Å². The highest BCUT2D eigenvalue weighted by molar-refractivity contribution is 9.10. The molecule has 0 atom stereocenters. The predicted octanol–water partition coefficient (Wildman–Crippen LogP) is 4.30. The zero-order chi connectivity index (χ0) is 15.1. The lowest BCUT2D eigenvalue weighted by Crippen LogP contribution is -2.13. The molecule has 0 aliphatic carbocycles. The minimum Gasteiger partial charge on any atom is -0.494 e. The van der Waals surface area contributed by atoms with E-state index >= 15 is 0 Å². The number of amides is 1. The number of halogens is 2. The number of aromatic nitrogens is 1. The van der Waals surface area contributed by atoms with Gasteiger partial charge < -0.3 is 10.1 Å². The largest absolute Gasteiger partial charge is 0.494 e. The molecule has 4 nitrogen and oxygen atoms in total. The molecule has 6 heteroatoms. The first-order valence-electron chi connectivity index (χ1n) is 6.43. The van der Waals surface area contributed by atoms with Gasteiger partial charge in [-0.2, -0.15) is 0 Å². The molecule has 1 aromatic heterocycles. The van der Waals surface area contributed by atoms with Gasteiger partial charge in [-0.3, -0.25) is 4.79 Å². The monoisotopic (exact) mass is 368 g/mol. The Kier molecular flexibility index (Phi) is 6.02. The second kappa shape index (κ2) is 8.00. The van der Waals surface area contributed by atoms with Gasteiger partial charge in [0, 0.05) is 17.1 Å². The third kappa shape index (κ3) is 5.73. The van der Waals surface area contributed by atoms with Crippen molar-refractivity contribution in [3.63, 3.8) is 0 Å². The first-order valence-corrected chi connectivity index (χ1v) is 7.60. The number of benzene rings is 1. The maximum atomic E-state index is 11.7. The van der Waals surface area contributed by atoms with E-state index in [1.165, 1.54) is 6.20 Å². The number of carbonyl (C=O) groups is 1. The lowest BCUT2D eigenvalue weighted by Gasteiger charge is -2.07. The van der Waals surface area contributed by atoms with Crippen LogP contribution in [-0.4, -0.2) is 17.5 Å². The van der Waals surface area contributed by atoms with E-state index in [4.69, 9.17) is 16.3 Å². The zero-order valence-electron chi connectivity index (χ0n) is 11.2. The molecule has 0 spiro atoms. The number of hydrogen-bond acceptors (Lipinski definition) is 3.